The van der Waals surface area contributed by atoms with E-state index in [4.69, 9.17) is 23.2 Å². The van der Waals surface area contributed by atoms with Crippen LogP contribution in [0.5, 0.6) is 0 Å². The van der Waals surface area contributed by atoms with E-state index in [1.165, 1.54) is 11.8 Å². The second-order valence-corrected chi connectivity index (χ2v) is 7.34. The highest BCUT2D eigenvalue weighted by atomic mass is 35.5. The summed E-state index contributed by atoms with van der Waals surface area (Å²) in [5.41, 5.74) is 2.44. The van der Waals surface area contributed by atoms with E-state index in [1.807, 2.05) is 37.3 Å². The Hall–Kier alpha value is -2.08. The molecule has 0 saturated carbocycles. The molecule has 3 rings (SSSR count). The molecule has 0 aliphatic rings. The highest BCUT2D eigenvalue weighted by Crippen LogP contribution is 2.30. The zero-order valence-electron chi connectivity index (χ0n) is 13.9. The van der Waals surface area contributed by atoms with Gasteiger partial charge in [-0.15, -0.1) is 11.8 Å². The van der Waals surface area contributed by atoms with Gasteiger partial charge in [-0.2, -0.15) is 0 Å². The number of aryl methyl sites for hydroxylation is 1. The van der Waals surface area contributed by atoms with Gasteiger partial charge >= 0.3 is 0 Å². The summed E-state index contributed by atoms with van der Waals surface area (Å²) in [7, 11) is 0. The summed E-state index contributed by atoms with van der Waals surface area (Å²) >= 11 is 13.4. The van der Waals surface area contributed by atoms with Crippen molar-refractivity contribution >= 4 is 46.6 Å². The average Bonchev–Trinajstić information content (AvgIpc) is 2.63. The van der Waals surface area contributed by atoms with E-state index < -0.39 is 0 Å². The Morgan fingerprint density at radius 2 is 2.00 bits per heavy atom. The van der Waals surface area contributed by atoms with Crippen LogP contribution in [-0.4, -0.2) is 21.6 Å². The molecule has 26 heavy (non-hydrogen) atoms. The smallest absolute Gasteiger partial charge is 0.234 e. The monoisotopic (exact) mass is 403 g/mol. The first-order valence-electron chi connectivity index (χ1n) is 7.79. The molecule has 132 valence electrons. The van der Waals surface area contributed by atoms with Gasteiger partial charge in [0.2, 0.25) is 5.91 Å². The Morgan fingerprint density at radius 1 is 1.15 bits per heavy atom. The van der Waals surface area contributed by atoms with Crippen LogP contribution in [-0.2, 0) is 4.79 Å². The molecule has 1 aromatic heterocycles. The molecule has 0 unspecified atom stereocenters. The normalized spacial score (nSPS) is 10.6. The summed E-state index contributed by atoms with van der Waals surface area (Å²) in [6, 6.07) is 14.6. The molecule has 0 radical (unpaired) electrons. The molecule has 3 aromatic rings. The second-order valence-electron chi connectivity index (χ2n) is 5.48. The summed E-state index contributed by atoms with van der Waals surface area (Å²) in [5, 5.41) is 4.06. The van der Waals surface area contributed by atoms with Crippen LogP contribution in [0.4, 0.5) is 5.69 Å². The van der Waals surface area contributed by atoms with E-state index in [2.05, 4.69) is 15.3 Å². The molecule has 0 aliphatic heterocycles. The van der Waals surface area contributed by atoms with E-state index in [9.17, 15) is 4.79 Å². The number of amides is 1. The van der Waals surface area contributed by atoms with Crippen molar-refractivity contribution in [1.82, 2.24) is 9.97 Å². The van der Waals surface area contributed by atoms with Crippen molar-refractivity contribution in [3.8, 4) is 11.3 Å². The van der Waals surface area contributed by atoms with Gasteiger partial charge in [-0.1, -0.05) is 35.3 Å². The van der Waals surface area contributed by atoms with Crippen LogP contribution >= 0.6 is 35.0 Å². The number of halogens is 2. The summed E-state index contributed by atoms with van der Waals surface area (Å²) in [4.78, 5) is 21.5. The predicted molar refractivity (Wildman–Crippen MR) is 108 cm³/mol. The van der Waals surface area contributed by atoms with E-state index in [1.54, 1.807) is 24.4 Å². The quantitative estimate of drug-likeness (QED) is 0.572. The fraction of sp³-hybridized carbons (Fsp3) is 0.105. The zero-order chi connectivity index (χ0) is 18.5. The highest BCUT2D eigenvalue weighted by Gasteiger charge is 2.08. The van der Waals surface area contributed by atoms with Gasteiger partial charge in [-0.25, -0.2) is 9.97 Å². The van der Waals surface area contributed by atoms with Gasteiger partial charge in [0.05, 0.1) is 16.5 Å². The summed E-state index contributed by atoms with van der Waals surface area (Å²) in [6.07, 6.45) is 1.72. The highest BCUT2D eigenvalue weighted by molar-refractivity contribution is 8.00. The van der Waals surface area contributed by atoms with Crippen LogP contribution < -0.4 is 5.32 Å². The minimum atomic E-state index is -0.123. The zero-order valence-corrected chi connectivity index (χ0v) is 16.2. The van der Waals surface area contributed by atoms with Crippen molar-refractivity contribution in [1.29, 1.82) is 0 Å². The number of benzene rings is 2. The fourth-order valence-electron chi connectivity index (χ4n) is 2.30. The van der Waals surface area contributed by atoms with Crippen molar-refractivity contribution in [2.24, 2.45) is 0 Å². The molecule has 0 spiro atoms. The maximum absolute atomic E-state index is 12.3. The van der Waals surface area contributed by atoms with Gasteiger partial charge in [0, 0.05) is 27.4 Å². The number of thioether (sulfide) groups is 1. The summed E-state index contributed by atoms with van der Waals surface area (Å²) in [5.74, 6) is 0.811. The largest absolute Gasteiger partial charge is 0.325 e. The fourth-order valence-corrected chi connectivity index (χ4v) is 3.59. The molecule has 0 saturated heterocycles. The number of nitrogens with zero attached hydrogens (tertiary/aromatic N) is 2. The van der Waals surface area contributed by atoms with Gasteiger partial charge < -0.3 is 5.32 Å². The Kier molecular flexibility index (Phi) is 6.14. The molecule has 1 heterocycles. The molecule has 2 aromatic carbocycles. The first-order chi connectivity index (χ1) is 12.5. The van der Waals surface area contributed by atoms with Gasteiger partial charge in [-0.3, -0.25) is 4.79 Å². The van der Waals surface area contributed by atoms with Crippen LogP contribution in [0.1, 0.15) is 5.82 Å². The predicted octanol–water partition coefficient (Wildman–Crippen LogP) is 5.49. The number of anilines is 1. The summed E-state index contributed by atoms with van der Waals surface area (Å²) in [6.45, 7) is 1.84. The van der Waals surface area contributed by atoms with E-state index in [0.29, 0.717) is 21.6 Å². The molecule has 0 bridgehead atoms. The number of rotatable bonds is 5. The SMILES string of the molecule is Cc1nccc(-c2cccc(NC(=O)CSc3cc(Cl)ccc3Cl)c2)n1. The molecule has 1 amide bonds. The number of hydrogen-bond donors (Lipinski definition) is 1. The first kappa shape index (κ1) is 18.7. The molecule has 4 nitrogen and oxygen atoms in total. The van der Waals surface area contributed by atoms with Crippen LogP contribution in [0.15, 0.2) is 59.6 Å². The molecule has 0 aliphatic carbocycles. The van der Waals surface area contributed by atoms with Crippen molar-refractivity contribution in [2.75, 3.05) is 11.1 Å². The van der Waals surface area contributed by atoms with Gasteiger partial charge in [0.1, 0.15) is 5.82 Å². The van der Waals surface area contributed by atoms with Crippen LogP contribution in [0, 0.1) is 6.92 Å². The number of nitrogens with one attached hydrogen (secondary N) is 1. The number of hydrogen-bond acceptors (Lipinski definition) is 4. The van der Waals surface area contributed by atoms with E-state index in [0.717, 1.165) is 16.2 Å². The molecular formula is C19H15Cl2N3OS. The van der Waals surface area contributed by atoms with Crippen molar-refractivity contribution in [2.45, 2.75) is 11.8 Å². The average molecular weight is 404 g/mol. The third-order valence-corrected chi connectivity index (χ3v) is 5.20. The van der Waals surface area contributed by atoms with E-state index >= 15 is 0 Å². The van der Waals surface area contributed by atoms with Gasteiger partial charge in [-0.05, 0) is 43.3 Å². The molecule has 0 fully saturated rings. The van der Waals surface area contributed by atoms with Crippen LogP contribution in [0.2, 0.25) is 10.0 Å². The number of carbonyl (C=O) groups excluding carboxylic acids is 1. The minimum Gasteiger partial charge on any atom is -0.325 e. The Labute approximate surface area is 166 Å². The van der Waals surface area contributed by atoms with Crippen LogP contribution in [0.25, 0.3) is 11.3 Å². The molecule has 1 N–H and O–H groups in total. The topological polar surface area (TPSA) is 54.9 Å². The molecular weight excluding hydrogens is 389 g/mol. The second kappa shape index (κ2) is 8.54. The maximum Gasteiger partial charge on any atom is 0.234 e. The van der Waals surface area contributed by atoms with Crippen molar-refractivity contribution in [3.63, 3.8) is 0 Å². The Balaban J connectivity index is 1.66. The number of carbonyl (C=O) groups is 1. The first-order valence-corrected chi connectivity index (χ1v) is 9.53. The van der Waals surface area contributed by atoms with Gasteiger partial charge in [0.15, 0.2) is 0 Å². The van der Waals surface area contributed by atoms with Crippen LogP contribution in [0.3, 0.4) is 0 Å². The Bertz CT molecular complexity index is 950. The standard InChI is InChI=1S/C19H15Cl2N3OS/c1-12-22-8-7-17(23-12)13-3-2-4-15(9-13)24-19(25)11-26-18-10-14(20)5-6-16(18)21/h2-10H,11H2,1H3,(H,24,25). The lowest BCUT2D eigenvalue weighted by Gasteiger charge is -2.08. The lowest BCUT2D eigenvalue weighted by molar-refractivity contribution is -0.113. The number of aromatic nitrogens is 2. The Morgan fingerprint density at radius 3 is 2.81 bits per heavy atom. The van der Waals surface area contributed by atoms with Gasteiger partial charge in [0.25, 0.3) is 0 Å². The third-order valence-electron chi connectivity index (χ3n) is 3.47. The van der Waals surface area contributed by atoms with Crippen molar-refractivity contribution < 1.29 is 4.79 Å². The summed E-state index contributed by atoms with van der Waals surface area (Å²) < 4.78 is 0. The maximum atomic E-state index is 12.3. The minimum absolute atomic E-state index is 0.123. The van der Waals surface area contributed by atoms with Crippen molar-refractivity contribution in [3.05, 3.63) is 70.6 Å². The lowest BCUT2D eigenvalue weighted by Crippen LogP contribution is -2.14. The molecule has 7 heteroatoms. The lowest BCUT2D eigenvalue weighted by atomic mass is 10.1. The van der Waals surface area contributed by atoms with E-state index in [-0.39, 0.29) is 11.7 Å². The third kappa shape index (κ3) is 4.97. The molecule has 0 atom stereocenters.